The molecule has 0 aliphatic rings. The van der Waals surface area contributed by atoms with Crippen LogP contribution in [0.15, 0.2) is 158 Å². The third-order valence-corrected chi connectivity index (χ3v) is 9.38. The van der Waals surface area contributed by atoms with E-state index < -0.39 is 0 Å². The Balaban J connectivity index is 1.18. The molecule has 222 valence electrons. The highest BCUT2D eigenvalue weighted by molar-refractivity contribution is 6.12. The molecule has 7 aromatic carbocycles. The van der Waals surface area contributed by atoms with Gasteiger partial charge >= 0.3 is 0 Å². The molecule has 0 atom stereocenters. The second kappa shape index (κ2) is 10.9. The molecule has 0 N–H and O–H groups in total. The summed E-state index contributed by atoms with van der Waals surface area (Å²) in [7, 11) is 0. The van der Waals surface area contributed by atoms with Crippen molar-refractivity contribution in [1.82, 2.24) is 9.13 Å². The Morgan fingerprint density at radius 3 is 1.69 bits per heavy atom. The van der Waals surface area contributed by atoms with E-state index in [1.165, 1.54) is 10.8 Å². The lowest BCUT2D eigenvalue weighted by molar-refractivity contribution is 1.18. The van der Waals surface area contributed by atoms with E-state index in [0.717, 1.165) is 66.5 Å². The van der Waals surface area contributed by atoms with Crippen molar-refractivity contribution < 1.29 is 0 Å². The summed E-state index contributed by atoms with van der Waals surface area (Å²) in [6.45, 7) is 0. The van der Waals surface area contributed by atoms with Gasteiger partial charge in [0.15, 0.2) is 0 Å². The molecule has 4 heteroatoms. The molecule has 48 heavy (non-hydrogen) atoms. The van der Waals surface area contributed by atoms with Gasteiger partial charge in [-0.1, -0.05) is 103 Å². The predicted molar refractivity (Wildman–Crippen MR) is 195 cm³/mol. The van der Waals surface area contributed by atoms with E-state index in [2.05, 4.69) is 143 Å². The first-order chi connectivity index (χ1) is 23.7. The molecule has 0 aliphatic heterocycles. The summed E-state index contributed by atoms with van der Waals surface area (Å²) < 4.78 is 4.52. The van der Waals surface area contributed by atoms with Gasteiger partial charge in [0, 0.05) is 32.8 Å². The van der Waals surface area contributed by atoms with Crippen LogP contribution in [-0.2, 0) is 0 Å². The highest BCUT2D eigenvalue weighted by atomic mass is 15.0. The molecule has 9 aromatic rings. The topological polar surface area (TPSA) is 57.4 Å². The first-order valence-electron chi connectivity index (χ1n) is 15.9. The Morgan fingerprint density at radius 2 is 1.00 bits per heavy atom. The van der Waals surface area contributed by atoms with Crippen molar-refractivity contribution in [2.45, 2.75) is 0 Å². The molecular formula is C44H26N4. The van der Waals surface area contributed by atoms with Gasteiger partial charge in [0.2, 0.25) is 0 Å². The lowest BCUT2D eigenvalue weighted by Crippen LogP contribution is -1.97. The maximum Gasteiger partial charge on any atom is 0.0998 e. The average Bonchev–Trinajstić information content (AvgIpc) is 3.68. The normalized spacial score (nSPS) is 11.3. The second-order valence-corrected chi connectivity index (χ2v) is 12.0. The largest absolute Gasteiger partial charge is 0.309 e. The van der Waals surface area contributed by atoms with Gasteiger partial charge in [0.25, 0.3) is 0 Å². The molecule has 0 bridgehead atoms. The highest BCUT2D eigenvalue weighted by Crippen LogP contribution is 2.38. The zero-order valence-electron chi connectivity index (χ0n) is 25.8. The van der Waals surface area contributed by atoms with Gasteiger partial charge in [-0.25, -0.2) is 0 Å². The first-order valence-corrected chi connectivity index (χ1v) is 15.9. The van der Waals surface area contributed by atoms with Crippen LogP contribution in [0, 0.1) is 22.7 Å². The number of nitrogens with zero attached hydrogens (tertiary/aromatic N) is 4. The molecule has 0 amide bonds. The fraction of sp³-hybridized carbons (Fsp3) is 0. The highest BCUT2D eigenvalue weighted by Gasteiger charge is 2.18. The predicted octanol–water partition coefficient (Wildman–Crippen LogP) is 11.0. The molecule has 4 nitrogen and oxygen atoms in total. The van der Waals surface area contributed by atoms with Crippen molar-refractivity contribution >= 4 is 43.6 Å². The fourth-order valence-corrected chi connectivity index (χ4v) is 7.30. The molecule has 0 spiro atoms. The van der Waals surface area contributed by atoms with Crippen LogP contribution in [0.1, 0.15) is 11.1 Å². The number of hydrogen-bond acceptors (Lipinski definition) is 2. The number of aromatic nitrogens is 2. The Hall–Kier alpha value is -6.88. The van der Waals surface area contributed by atoms with E-state index in [1.807, 2.05) is 36.4 Å². The molecule has 2 heterocycles. The minimum atomic E-state index is 0.613. The zero-order chi connectivity index (χ0) is 32.2. The maximum atomic E-state index is 10.1. The van der Waals surface area contributed by atoms with Gasteiger partial charge in [-0.05, 0) is 71.3 Å². The van der Waals surface area contributed by atoms with Crippen molar-refractivity contribution in [1.29, 1.82) is 10.5 Å². The smallest absolute Gasteiger partial charge is 0.0998 e. The van der Waals surface area contributed by atoms with Crippen LogP contribution < -0.4 is 0 Å². The van der Waals surface area contributed by atoms with E-state index in [4.69, 9.17) is 0 Å². The molecule has 0 saturated heterocycles. The van der Waals surface area contributed by atoms with Gasteiger partial charge < -0.3 is 9.13 Å². The Kier molecular flexibility index (Phi) is 6.22. The van der Waals surface area contributed by atoms with Crippen molar-refractivity contribution in [3.05, 3.63) is 169 Å². The van der Waals surface area contributed by atoms with Crippen LogP contribution in [-0.4, -0.2) is 9.13 Å². The van der Waals surface area contributed by atoms with Crippen LogP contribution in [0.4, 0.5) is 0 Å². The summed E-state index contributed by atoms with van der Waals surface area (Å²) in [6.07, 6.45) is 0. The third-order valence-electron chi connectivity index (χ3n) is 9.38. The monoisotopic (exact) mass is 610 g/mol. The minimum Gasteiger partial charge on any atom is -0.309 e. The van der Waals surface area contributed by atoms with E-state index in [-0.39, 0.29) is 0 Å². The SMILES string of the molecule is N#Cc1cc(-c2ccc(-c3ccccc3-n3c4ccccc4c4c(C#N)cccc43)cc2)cc(-n2c3ccccc3c3ccccc32)c1. The van der Waals surface area contributed by atoms with Crippen molar-refractivity contribution in [3.8, 4) is 45.8 Å². The summed E-state index contributed by atoms with van der Waals surface area (Å²) in [5.74, 6) is 0. The van der Waals surface area contributed by atoms with Crippen molar-refractivity contribution in [3.63, 3.8) is 0 Å². The van der Waals surface area contributed by atoms with Gasteiger partial charge in [-0.2, -0.15) is 10.5 Å². The van der Waals surface area contributed by atoms with Crippen LogP contribution >= 0.6 is 0 Å². The van der Waals surface area contributed by atoms with Crippen molar-refractivity contribution in [2.24, 2.45) is 0 Å². The summed E-state index contributed by atoms with van der Waals surface area (Å²) >= 11 is 0. The fourth-order valence-electron chi connectivity index (χ4n) is 7.30. The lowest BCUT2D eigenvalue weighted by Gasteiger charge is -2.15. The van der Waals surface area contributed by atoms with Crippen LogP contribution in [0.3, 0.4) is 0 Å². The minimum absolute atomic E-state index is 0.613. The molecule has 0 saturated carbocycles. The summed E-state index contributed by atoms with van der Waals surface area (Å²) in [4.78, 5) is 0. The Morgan fingerprint density at radius 1 is 0.417 bits per heavy atom. The molecule has 0 fully saturated rings. The van der Waals surface area contributed by atoms with E-state index in [0.29, 0.717) is 11.1 Å². The van der Waals surface area contributed by atoms with Gasteiger partial charge in [0.1, 0.15) is 0 Å². The lowest BCUT2D eigenvalue weighted by atomic mass is 9.97. The quantitative estimate of drug-likeness (QED) is 0.199. The van der Waals surface area contributed by atoms with Gasteiger partial charge in [-0.3, -0.25) is 0 Å². The number of rotatable bonds is 4. The average molecular weight is 611 g/mol. The Bertz CT molecular complexity index is 2750. The van der Waals surface area contributed by atoms with Gasteiger partial charge in [0.05, 0.1) is 51.0 Å². The molecular weight excluding hydrogens is 585 g/mol. The second-order valence-electron chi connectivity index (χ2n) is 12.0. The molecule has 0 aliphatic carbocycles. The summed E-state index contributed by atoms with van der Waals surface area (Å²) in [5, 5.41) is 24.4. The standard InChI is InChI=1S/C44H26N4/c45-27-29-24-33(26-34(25-29)47-40-16-6-2-12-36(40)37-13-3-7-17-41(37)47)30-20-22-31(23-21-30)35-11-1-5-15-39(35)48-42-18-8-4-14-38(42)44-32(28-46)10-9-19-43(44)48/h1-26H. The van der Waals surface area contributed by atoms with Gasteiger partial charge in [-0.15, -0.1) is 0 Å². The zero-order valence-corrected chi connectivity index (χ0v) is 25.8. The number of nitriles is 2. The van der Waals surface area contributed by atoms with Crippen molar-refractivity contribution in [2.75, 3.05) is 0 Å². The van der Waals surface area contributed by atoms with E-state index in [1.54, 1.807) is 0 Å². The summed E-state index contributed by atoms with van der Waals surface area (Å²) in [5.41, 5.74) is 11.8. The number of para-hydroxylation sites is 4. The molecule has 0 unspecified atom stereocenters. The van der Waals surface area contributed by atoms with Crippen LogP contribution in [0.2, 0.25) is 0 Å². The maximum absolute atomic E-state index is 10.1. The molecule has 9 rings (SSSR count). The van der Waals surface area contributed by atoms with Crippen LogP contribution in [0.25, 0.3) is 77.2 Å². The Labute approximate surface area is 277 Å². The molecule has 0 radical (unpaired) electrons. The molecule has 2 aromatic heterocycles. The number of hydrogen-bond donors (Lipinski definition) is 0. The van der Waals surface area contributed by atoms with E-state index >= 15 is 0 Å². The summed E-state index contributed by atoms with van der Waals surface area (Å²) in [6, 6.07) is 59.0. The van der Waals surface area contributed by atoms with Crippen LogP contribution in [0.5, 0.6) is 0 Å². The number of benzene rings is 7. The first kappa shape index (κ1) is 27.4. The third kappa shape index (κ3) is 4.14. The number of fused-ring (bicyclic) bond motifs is 6. The van der Waals surface area contributed by atoms with E-state index in [9.17, 15) is 10.5 Å².